The molecule has 120 valence electrons. The van der Waals surface area contributed by atoms with E-state index in [0.717, 1.165) is 6.07 Å². The number of benzene rings is 2. The summed E-state index contributed by atoms with van der Waals surface area (Å²) in [6.07, 6.45) is 0. The number of nitrogens with one attached hydrogen (secondary N) is 1. The molecule has 0 spiro atoms. The molecular formula is C15H13NO6S. The molecule has 3 N–H and O–H groups in total. The van der Waals surface area contributed by atoms with Gasteiger partial charge in [-0.1, -0.05) is 18.2 Å². The van der Waals surface area contributed by atoms with E-state index in [1.807, 2.05) is 0 Å². The Morgan fingerprint density at radius 2 is 1.65 bits per heavy atom. The Balaban J connectivity index is 2.50. The third-order valence-corrected chi connectivity index (χ3v) is 4.48. The molecule has 0 aliphatic heterocycles. The van der Waals surface area contributed by atoms with E-state index in [0.29, 0.717) is 5.56 Å². The minimum Gasteiger partial charge on any atom is -0.478 e. The van der Waals surface area contributed by atoms with Crippen LogP contribution in [0.25, 0.3) is 0 Å². The van der Waals surface area contributed by atoms with Crippen molar-refractivity contribution in [3.05, 3.63) is 59.2 Å². The van der Waals surface area contributed by atoms with Gasteiger partial charge in [-0.2, -0.15) is 0 Å². The fourth-order valence-electron chi connectivity index (χ4n) is 1.97. The average Bonchev–Trinajstić information content (AvgIpc) is 2.49. The second-order valence-electron chi connectivity index (χ2n) is 4.74. The van der Waals surface area contributed by atoms with Crippen LogP contribution in [0.2, 0.25) is 0 Å². The Kier molecular flexibility index (Phi) is 4.37. The summed E-state index contributed by atoms with van der Waals surface area (Å²) < 4.78 is 27.0. The number of carboxylic acid groups (broad SMARTS) is 2. The van der Waals surface area contributed by atoms with E-state index in [-0.39, 0.29) is 21.7 Å². The van der Waals surface area contributed by atoms with E-state index in [9.17, 15) is 18.0 Å². The molecule has 2 aromatic carbocycles. The van der Waals surface area contributed by atoms with Crippen molar-refractivity contribution in [3.8, 4) is 0 Å². The van der Waals surface area contributed by atoms with Gasteiger partial charge in [0.25, 0.3) is 10.0 Å². The number of rotatable bonds is 5. The van der Waals surface area contributed by atoms with Gasteiger partial charge in [0.15, 0.2) is 0 Å². The topological polar surface area (TPSA) is 121 Å². The molecule has 8 heteroatoms. The number of anilines is 1. The van der Waals surface area contributed by atoms with Gasteiger partial charge in [-0.3, -0.25) is 4.72 Å². The number of hydrogen-bond acceptors (Lipinski definition) is 4. The molecule has 23 heavy (non-hydrogen) atoms. The Bertz CT molecular complexity index is 889. The lowest BCUT2D eigenvalue weighted by molar-refractivity contribution is 0.0686. The minimum absolute atomic E-state index is 0.0549. The minimum atomic E-state index is -4.12. The maximum absolute atomic E-state index is 12.4. The molecular weight excluding hydrogens is 322 g/mol. The summed E-state index contributed by atoms with van der Waals surface area (Å²) in [5.41, 5.74) is 0.00248. The molecule has 0 fully saturated rings. The quantitative estimate of drug-likeness (QED) is 0.770. The average molecular weight is 335 g/mol. The second-order valence-corrected chi connectivity index (χ2v) is 6.42. The highest BCUT2D eigenvalue weighted by molar-refractivity contribution is 7.92. The standard InChI is InChI=1S/C15H13NO6S/c1-9-4-2-7-12(15(19)20)13(9)16-23(21,22)11-6-3-5-10(8-11)14(17)18/h2-8,16H,1H3,(H,17,18)(H,19,20). The molecule has 2 rings (SSSR count). The maximum Gasteiger partial charge on any atom is 0.337 e. The molecule has 0 amide bonds. The van der Waals surface area contributed by atoms with E-state index in [2.05, 4.69) is 4.72 Å². The zero-order valence-corrected chi connectivity index (χ0v) is 12.8. The van der Waals surface area contributed by atoms with Gasteiger partial charge < -0.3 is 10.2 Å². The van der Waals surface area contributed by atoms with Gasteiger partial charge in [0.2, 0.25) is 0 Å². The molecule has 0 aromatic heterocycles. The van der Waals surface area contributed by atoms with E-state index in [1.165, 1.54) is 30.3 Å². The van der Waals surface area contributed by atoms with E-state index in [1.54, 1.807) is 13.0 Å². The molecule has 7 nitrogen and oxygen atoms in total. The van der Waals surface area contributed by atoms with Crippen molar-refractivity contribution < 1.29 is 28.2 Å². The summed E-state index contributed by atoms with van der Waals surface area (Å²) >= 11 is 0. The number of carboxylic acids is 2. The highest BCUT2D eigenvalue weighted by Crippen LogP contribution is 2.24. The van der Waals surface area contributed by atoms with Gasteiger partial charge in [-0.25, -0.2) is 18.0 Å². The van der Waals surface area contributed by atoms with Gasteiger partial charge in [0, 0.05) is 0 Å². The zero-order valence-electron chi connectivity index (χ0n) is 12.0. The second kappa shape index (κ2) is 6.09. The summed E-state index contributed by atoms with van der Waals surface area (Å²) in [5, 5.41) is 18.1. The van der Waals surface area contributed by atoms with Crippen molar-refractivity contribution in [2.45, 2.75) is 11.8 Å². The van der Waals surface area contributed by atoms with Crippen molar-refractivity contribution in [2.24, 2.45) is 0 Å². The van der Waals surface area contributed by atoms with Crippen LogP contribution in [0, 0.1) is 6.92 Å². The van der Waals surface area contributed by atoms with Gasteiger partial charge in [-0.15, -0.1) is 0 Å². The summed E-state index contributed by atoms with van der Waals surface area (Å²) in [6.45, 7) is 1.57. The zero-order chi connectivity index (χ0) is 17.2. The molecule has 2 aromatic rings. The van der Waals surface area contributed by atoms with Gasteiger partial charge in [0.1, 0.15) is 0 Å². The van der Waals surface area contributed by atoms with Crippen LogP contribution in [0.3, 0.4) is 0 Å². The van der Waals surface area contributed by atoms with Crippen molar-refractivity contribution in [1.29, 1.82) is 0 Å². The lowest BCUT2D eigenvalue weighted by Gasteiger charge is -2.13. The summed E-state index contributed by atoms with van der Waals surface area (Å²) in [4.78, 5) is 21.9. The van der Waals surface area contributed by atoms with E-state index >= 15 is 0 Å². The van der Waals surface area contributed by atoms with Crippen LogP contribution in [0.1, 0.15) is 26.3 Å². The smallest absolute Gasteiger partial charge is 0.337 e. The molecule has 0 saturated heterocycles. The normalized spacial score (nSPS) is 11.0. The third-order valence-electron chi connectivity index (χ3n) is 3.13. The Morgan fingerprint density at radius 1 is 1.00 bits per heavy atom. The van der Waals surface area contributed by atoms with Crippen molar-refractivity contribution in [1.82, 2.24) is 0 Å². The number of aromatic carboxylic acids is 2. The summed E-state index contributed by atoms with van der Waals surface area (Å²) in [6, 6.07) is 9.14. The number of para-hydroxylation sites is 1. The monoisotopic (exact) mass is 335 g/mol. The van der Waals surface area contributed by atoms with E-state index in [4.69, 9.17) is 10.2 Å². The Labute approximate surface area is 132 Å². The van der Waals surface area contributed by atoms with Crippen molar-refractivity contribution >= 4 is 27.6 Å². The van der Waals surface area contributed by atoms with Crippen LogP contribution in [0.4, 0.5) is 5.69 Å². The van der Waals surface area contributed by atoms with Crippen LogP contribution in [-0.4, -0.2) is 30.6 Å². The molecule has 0 aliphatic carbocycles. The SMILES string of the molecule is Cc1cccc(C(=O)O)c1NS(=O)(=O)c1cccc(C(=O)O)c1. The predicted molar refractivity (Wildman–Crippen MR) is 82.3 cm³/mol. The summed E-state index contributed by atoms with van der Waals surface area (Å²) in [5.74, 6) is -2.53. The van der Waals surface area contributed by atoms with Gasteiger partial charge in [-0.05, 0) is 36.8 Å². The predicted octanol–water partition coefficient (Wildman–Crippen LogP) is 2.19. The molecule has 0 aliphatic rings. The number of aryl methyl sites for hydroxylation is 1. The fraction of sp³-hybridized carbons (Fsp3) is 0.0667. The van der Waals surface area contributed by atoms with Gasteiger partial charge >= 0.3 is 11.9 Å². The van der Waals surface area contributed by atoms with Crippen molar-refractivity contribution in [3.63, 3.8) is 0 Å². The van der Waals surface area contributed by atoms with Crippen LogP contribution in [0.15, 0.2) is 47.4 Å². The molecule has 0 heterocycles. The molecule has 0 radical (unpaired) electrons. The molecule has 0 unspecified atom stereocenters. The van der Waals surface area contributed by atoms with E-state index < -0.39 is 22.0 Å². The number of hydrogen-bond donors (Lipinski definition) is 3. The third kappa shape index (κ3) is 3.49. The lowest BCUT2D eigenvalue weighted by Crippen LogP contribution is -2.17. The first-order chi connectivity index (χ1) is 10.7. The Morgan fingerprint density at radius 3 is 2.26 bits per heavy atom. The first-order valence-electron chi connectivity index (χ1n) is 6.41. The van der Waals surface area contributed by atoms with Crippen LogP contribution >= 0.6 is 0 Å². The highest BCUT2D eigenvalue weighted by atomic mass is 32.2. The molecule has 0 atom stereocenters. The summed E-state index contributed by atoms with van der Waals surface area (Å²) in [7, 11) is -4.12. The van der Waals surface area contributed by atoms with Crippen LogP contribution in [-0.2, 0) is 10.0 Å². The van der Waals surface area contributed by atoms with Crippen LogP contribution in [0.5, 0.6) is 0 Å². The molecule has 0 bridgehead atoms. The fourth-order valence-corrected chi connectivity index (χ4v) is 3.17. The first-order valence-corrected chi connectivity index (χ1v) is 7.90. The highest BCUT2D eigenvalue weighted by Gasteiger charge is 2.21. The van der Waals surface area contributed by atoms with Crippen molar-refractivity contribution in [2.75, 3.05) is 4.72 Å². The first kappa shape index (κ1) is 16.5. The lowest BCUT2D eigenvalue weighted by atomic mass is 10.1. The van der Waals surface area contributed by atoms with Gasteiger partial charge in [0.05, 0.1) is 21.7 Å². The number of sulfonamides is 1. The molecule has 0 saturated carbocycles. The number of carbonyl (C=O) groups is 2. The Hall–Kier alpha value is -2.87. The maximum atomic E-state index is 12.4. The largest absolute Gasteiger partial charge is 0.478 e. The van der Waals surface area contributed by atoms with Crippen LogP contribution < -0.4 is 4.72 Å².